The van der Waals surface area contributed by atoms with Crippen LogP contribution in [0.25, 0.3) is 10.9 Å². The van der Waals surface area contributed by atoms with Crippen LogP contribution in [0.2, 0.25) is 0 Å². The first-order valence-electron chi connectivity index (χ1n) is 8.28. The van der Waals surface area contributed by atoms with Gasteiger partial charge in [0.15, 0.2) is 0 Å². The van der Waals surface area contributed by atoms with Gasteiger partial charge < -0.3 is 15.2 Å². The SMILES string of the molecule is NC(=O)c1cn(CC(=O)N2CCC(n3cccn3)C2)c2ccccc12. The number of carbonyl (C=O) groups is 2. The van der Waals surface area contributed by atoms with E-state index in [0.717, 1.165) is 17.3 Å². The van der Waals surface area contributed by atoms with E-state index in [2.05, 4.69) is 5.10 Å². The fourth-order valence-electron chi connectivity index (χ4n) is 3.50. The summed E-state index contributed by atoms with van der Waals surface area (Å²) in [5.74, 6) is -0.450. The molecule has 7 heteroatoms. The average Bonchev–Trinajstić information content (AvgIpc) is 3.34. The summed E-state index contributed by atoms with van der Waals surface area (Å²) in [5, 5.41) is 5.04. The summed E-state index contributed by atoms with van der Waals surface area (Å²) in [6, 6.07) is 9.60. The lowest BCUT2D eigenvalue weighted by Crippen LogP contribution is -2.32. The van der Waals surface area contributed by atoms with Gasteiger partial charge in [0.05, 0.1) is 11.6 Å². The number of fused-ring (bicyclic) bond motifs is 1. The third-order valence-corrected chi connectivity index (χ3v) is 4.77. The van der Waals surface area contributed by atoms with Crippen LogP contribution >= 0.6 is 0 Å². The highest BCUT2D eigenvalue weighted by Crippen LogP contribution is 2.23. The minimum absolute atomic E-state index is 0.0337. The van der Waals surface area contributed by atoms with E-state index in [4.69, 9.17) is 5.73 Å². The van der Waals surface area contributed by atoms with E-state index in [1.165, 1.54) is 0 Å². The first kappa shape index (κ1) is 15.4. The molecular formula is C18H19N5O2. The van der Waals surface area contributed by atoms with Gasteiger partial charge in [-0.25, -0.2) is 0 Å². The molecule has 3 aromatic rings. The van der Waals surface area contributed by atoms with Gasteiger partial charge in [0, 0.05) is 42.6 Å². The summed E-state index contributed by atoms with van der Waals surface area (Å²) in [7, 11) is 0. The quantitative estimate of drug-likeness (QED) is 0.781. The first-order valence-corrected chi connectivity index (χ1v) is 8.28. The monoisotopic (exact) mass is 337 g/mol. The smallest absolute Gasteiger partial charge is 0.250 e. The lowest BCUT2D eigenvalue weighted by Gasteiger charge is -2.17. The van der Waals surface area contributed by atoms with Gasteiger partial charge in [0.25, 0.3) is 5.91 Å². The summed E-state index contributed by atoms with van der Waals surface area (Å²) in [4.78, 5) is 26.2. The summed E-state index contributed by atoms with van der Waals surface area (Å²) in [6.45, 7) is 1.56. The van der Waals surface area contributed by atoms with Crippen molar-refractivity contribution >= 4 is 22.7 Å². The fraction of sp³-hybridized carbons (Fsp3) is 0.278. The number of carbonyl (C=O) groups excluding carboxylic acids is 2. The van der Waals surface area contributed by atoms with Crippen LogP contribution in [0.5, 0.6) is 0 Å². The topological polar surface area (TPSA) is 86.1 Å². The van der Waals surface area contributed by atoms with Crippen molar-refractivity contribution in [3.05, 3.63) is 54.5 Å². The zero-order valence-corrected chi connectivity index (χ0v) is 13.7. The maximum Gasteiger partial charge on any atom is 0.250 e. The second-order valence-electron chi connectivity index (χ2n) is 6.32. The third-order valence-electron chi connectivity index (χ3n) is 4.77. The zero-order chi connectivity index (χ0) is 17.4. The third kappa shape index (κ3) is 2.77. The van der Waals surface area contributed by atoms with Crippen LogP contribution in [0.15, 0.2) is 48.9 Å². The highest BCUT2D eigenvalue weighted by atomic mass is 16.2. The van der Waals surface area contributed by atoms with E-state index < -0.39 is 5.91 Å². The summed E-state index contributed by atoms with van der Waals surface area (Å²) in [5.41, 5.74) is 6.75. The van der Waals surface area contributed by atoms with E-state index in [0.29, 0.717) is 18.7 Å². The van der Waals surface area contributed by atoms with Crippen LogP contribution in [-0.4, -0.2) is 44.2 Å². The molecule has 1 aromatic carbocycles. The molecule has 1 atom stereocenters. The number of benzene rings is 1. The molecule has 1 saturated heterocycles. The van der Waals surface area contributed by atoms with E-state index >= 15 is 0 Å². The van der Waals surface area contributed by atoms with Gasteiger partial charge >= 0.3 is 0 Å². The molecule has 0 bridgehead atoms. The number of para-hydroxylation sites is 1. The average molecular weight is 337 g/mol. The summed E-state index contributed by atoms with van der Waals surface area (Å²) in [6.07, 6.45) is 6.25. The second kappa shape index (κ2) is 6.08. The van der Waals surface area contributed by atoms with Crippen molar-refractivity contribution in [2.75, 3.05) is 13.1 Å². The standard InChI is InChI=1S/C18H19N5O2/c19-18(25)15-11-22(16-5-2-1-4-14(15)16)12-17(24)21-9-6-13(10-21)23-8-3-7-20-23/h1-5,7-8,11,13H,6,9-10,12H2,(H2,19,25). The Morgan fingerprint density at radius 2 is 2.08 bits per heavy atom. The molecule has 128 valence electrons. The van der Waals surface area contributed by atoms with Crippen LogP contribution < -0.4 is 5.73 Å². The van der Waals surface area contributed by atoms with Crippen LogP contribution in [0.3, 0.4) is 0 Å². The number of rotatable bonds is 4. The number of aromatic nitrogens is 3. The number of hydrogen-bond donors (Lipinski definition) is 1. The molecule has 1 aliphatic heterocycles. The predicted molar refractivity (Wildman–Crippen MR) is 92.9 cm³/mol. The van der Waals surface area contributed by atoms with Gasteiger partial charge in [-0.15, -0.1) is 0 Å². The van der Waals surface area contributed by atoms with Crippen LogP contribution in [0, 0.1) is 0 Å². The molecule has 2 amide bonds. The van der Waals surface area contributed by atoms with Crippen molar-refractivity contribution in [3.63, 3.8) is 0 Å². The minimum atomic E-state index is -0.484. The van der Waals surface area contributed by atoms with Gasteiger partial charge in [0.2, 0.25) is 5.91 Å². The van der Waals surface area contributed by atoms with Crippen LogP contribution in [0.4, 0.5) is 0 Å². The highest BCUT2D eigenvalue weighted by Gasteiger charge is 2.28. The Morgan fingerprint density at radius 3 is 2.84 bits per heavy atom. The van der Waals surface area contributed by atoms with Gasteiger partial charge in [-0.3, -0.25) is 14.3 Å². The first-order chi connectivity index (χ1) is 12.1. The summed E-state index contributed by atoms with van der Waals surface area (Å²) >= 11 is 0. The minimum Gasteiger partial charge on any atom is -0.366 e. The maximum absolute atomic E-state index is 12.7. The number of nitrogens with two attached hydrogens (primary N) is 1. The molecule has 4 rings (SSSR count). The zero-order valence-electron chi connectivity index (χ0n) is 13.7. The predicted octanol–water partition coefficient (Wildman–Crippen LogP) is 1.41. The van der Waals surface area contributed by atoms with E-state index in [1.54, 1.807) is 17.0 Å². The largest absolute Gasteiger partial charge is 0.366 e. The van der Waals surface area contributed by atoms with Crippen molar-refractivity contribution in [2.45, 2.75) is 19.0 Å². The number of hydrogen-bond acceptors (Lipinski definition) is 3. The highest BCUT2D eigenvalue weighted by molar-refractivity contribution is 6.06. The van der Waals surface area contributed by atoms with Gasteiger partial charge in [-0.1, -0.05) is 18.2 Å². The van der Waals surface area contributed by atoms with Gasteiger partial charge in [-0.05, 0) is 18.6 Å². The molecule has 7 nitrogen and oxygen atoms in total. The molecule has 0 aliphatic carbocycles. The normalized spacial score (nSPS) is 17.3. The maximum atomic E-state index is 12.7. The van der Waals surface area contributed by atoms with Crippen molar-refractivity contribution in [3.8, 4) is 0 Å². The molecule has 3 heterocycles. The van der Waals surface area contributed by atoms with Crippen LogP contribution in [0.1, 0.15) is 22.8 Å². The summed E-state index contributed by atoms with van der Waals surface area (Å²) < 4.78 is 3.71. The number of amides is 2. The van der Waals surface area contributed by atoms with Crippen LogP contribution in [-0.2, 0) is 11.3 Å². The van der Waals surface area contributed by atoms with Gasteiger partial charge in [0.1, 0.15) is 6.54 Å². The van der Waals surface area contributed by atoms with E-state index in [9.17, 15) is 9.59 Å². The molecule has 1 fully saturated rings. The molecule has 25 heavy (non-hydrogen) atoms. The molecule has 1 unspecified atom stereocenters. The molecule has 0 spiro atoms. The Kier molecular flexibility index (Phi) is 3.76. The Bertz CT molecular complexity index is 928. The lowest BCUT2D eigenvalue weighted by molar-refractivity contribution is -0.130. The van der Waals surface area contributed by atoms with Crippen molar-refractivity contribution in [2.24, 2.45) is 5.73 Å². The van der Waals surface area contributed by atoms with Crippen molar-refractivity contribution in [1.29, 1.82) is 0 Å². The Morgan fingerprint density at radius 1 is 1.24 bits per heavy atom. The molecule has 0 saturated carbocycles. The number of likely N-dealkylation sites (tertiary alicyclic amines) is 1. The fourth-order valence-corrected chi connectivity index (χ4v) is 3.50. The molecule has 2 aromatic heterocycles. The molecule has 2 N–H and O–H groups in total. The Balaban J connectivity index is 1.54. The van der Waals surface area contributed by atoms with Gasteiger partial charge in [-0.2, -0.15) is 5.10 Å². The Labute approximate surface area is 144 Å². The van der Waals surface area contributed by atoms with Crippen molar-refractivity contribution < 1.29 is 9.59 Å². The second-order valence-corrected chi connectivity index (χ2v) is 6.32. The molecule has 0 radical (unpaired) electrons. The van der Waals surface area contributed by atoms with E-state index in [1.807, 2.05) is 46.1 Å². The van der Waals surface area contributed by atoms with E-state index in [-0.39, 0.29) is 18.5 Å². The number of nitrogens with zero attached hydrogens (tertiary/aromatic N) is 4. The molecular weight excluding hydrogens is 318 g/mol. The van der Waals surface area contributed by atoms with Crippen molar-refractivity contribution in [1.82, 2.24) is 19.2 Å². The Hall–Kier alpha value is -3.09. The molecule has 1 aliphatic rings. The lowest BCUT2D eigenvalue weighted by atomic mass is 10.2. The number of primary amides is 1.